The molecule has 1 aromatic heterocycles. The van der Waals surface area contributed by atoms with Gasteiger partial charge in [0, 0.05) is 37.1 Å². The first-order valence-electron chi connectivity index (χ1n) is 9.12. The molecule has 2 aromatic rings. The van der Waals surface area contributed by atoms with Crippen LogP contribution in [0.15, 0.2) is 34.6 Å². The Morgan fingerprint density at radius 1 is 1.24 bits per heavy atom. The number of para-hydroxylation sites is 1. The molecule has 0 unspecified atom stereocenters. The Bertz CT molecular complexity index is 803. The van der Waals surface area contributed by atoms with E-state index in [9.17, 15) is 4.79 Å². The minimum Gasteiger partial charge on any atom is -0.343 e. The number of likely N-dealkylation sites (tertiary alicyclic amines) is 1. The number of rotatable bonds is 6. The highest BCUT2D eigenvalue weighted by Crippen LogP contribution is 2.25. The standard InChI is InChI=1S/C20H27N3OS/c1-15(2)17-8-4-5-9-18(17)21-20-23(16(3)14-25-20)13-7-12-22-11-6-10-19(22)24/h4-5,8-9,14-15H,6-7,10-13H2,1-3H3. The molecule has 0 atom stereocenters. The zero-order chi connectivity index (χ0) is 17.8. The van der Waals surface area contributed by atoms with E-state index in [1.165, 1.54) is 11.3 Å². The van der Waals surface area contributed by atoms with Crippen molar-refractivity contribution in [2.24, 2.45) is 4.99 Å². The number of aromatic nitrogens is 1. The van der Waals surface area contributed by atoms with Crippen molar-refractivity contribution in [3.05, 3.63) is 45.7 Å². The van der Waals surface area contributed by atoms with Gasteiger partial charge in [-0.2, -0.15) is 0 Å². The fourth-order valence-corrected chi connectivity index (χ4v) is 4.23. The summed E-state index contributed by atoms with van der Waals surface area (Å²) in [5.41, 5.74) is 3.57. The molecule has 4 nitrogen and oxygen atoms in total. The van der Waals surface area contributed by atoms with Gasteiger partial charge in [0.25, 0.3) is 0 Å². The molecule has 3 rings (SSSR count). The lowest BCUT2D eigenvalue weighted by Crippen LogP contribution is -2.27. The molecule has 5 heteroatoms. The minimum absolute atomic E-state index is 0.308. The molecule has 0 bridgehead atoms. The molecule has 1 fully saturated rings. The van der Waals surface area contributed by atoms with E-state index in [4.69, 9.17) is 4.99 Å². The number of hydrogen-bond acceptors (Lipinski definition) is 3. The van der Waals surface area contributed by atoms with Crippen LogP contribution in [0.5, 0.6) is 0 Å². The molecule has 0 aliphatic carbocycles. The Kier molecular flexibility index (Phi) is 5.74. The van der Waals surface area contributed by atoms with Crippen LogP contribution >= 0.6 is 11.3 Å². The van der Waals surface area contributed by atoms with Crippen LogP contribution in [0.25, 0.3) is 0 Å². The van der Waals surface area contributed by atoms with E-state index in [-0.39, 0.29) is 0 Å². The average molecular weight is 358 g/mol. The molecule has 1 aliphatic rings. The Labute approximate surface area is 153 Å². The average Bonchev–Trinajstić information content (AvgIpc) is 3.15. The van der Waals surface area contributed by atoms with Gasteiger partial charge < -0.3 is 9.47 Å². The first-order chi connectivity index (χ1) is 12.1. The normalized spacial score (nSPS) is 15.6. The van der Waals surface area contributed by atoms with Crippen LogP contribution in [0.4, 0.5) is 5.69 Å². The largest absolute Gasteiger partial charge is 0.343 e. The van der Waals surface area contributed by atoms with Gasteiger partial charge in [0.1, 0.15) is 0 Å². The summed E-state index contributed by atoms with van der Waals surface area (Å²) in [7, 11) is 0. The lowest BCUT2D eigenvalue weighted by atomic mass is 10.0. The van der Waals surface area contributed by atoms with E-state index in [2.05, 4.69) is 55.0 Å². The van der Waals surface area contributed by atoms with Crippen LogP contribution in [0.1, 0.15) is 50.3 Å². The quantitative estimate of drug-likeness (QED) is 0.762. The lowest BCUT2D eigenvalue weighted by Gasteiger charge is -2.15. The molecule has 1 amide bonds. The van der Waals surface area contributed by atoms with Gasteiger partial charge in [-0.1, -0.05) is 32.0 Å². The monoisotopic (exact) mass is 357 g/mol. The van der Waals surface area contributed by atoms with Crippen molar-refractivity contribution in [1.29, 1.82) is 0 Å². The SMILES string of the molecule is Cc1csc(=Nc2ccccc2C(C)C)n1CCCN1CCCC1=O. The van der Waals surface area contributed by atoms with E-state index < -0.39 is 0 Å². The number of thiazole rings is 1. The minimum atomic E-state index is 0.308. The summed E-state index contributed by atoms with van der Waals surface area (Å²) in [4.78, 5) is 19.7. The maximum Gasteiger partial charge on any atom is 0.222 e. The fourth-order valence-electron chi connectivity index (χ4n) is 3.32. The zero-order valence-corrected chi connectivity index (χ0v) is 16.2. The van der Waals surface area contributed by atoms with Gasteiger partial charge in [0.15, 0.2) is 4.80 Å². The number of aryl methyl sites for hydroxylation is 1. The van der Waals surface area contributed by atoms with Crippen molar-refractivity contribution in [1.82, 2.24) is 9.47 Å². The second kappa shape index (κ2) is 8.00. The number of hydrogen-bond donors (Lipinski definition) is 0. The Morgan fingerprint density at radius 2 is 2.04 bits per heavy atom. The smallest absolute Gasteiger partial charge is 0.222 e. The fraction of sp³-hybridized carbons (Fsp3) is 0.500. The van der Waals surface area contributed by atoms with Crippen molar-refractivity contribution in [2.75, 3.05) is 13.1 Å². The van der Waals surface area contributed by atoms with Gasteiger partial charge in [0.05, 0.1) is 5.69 Å². The Hall–Kier alpha value is -1.88. The van der Waals surface area contributed by atoms with E-state index in [0.29, 0.717) is 11.8 Å². The highest BCUT2D eigenvalue weighted by atomic mass is 32.1. The number of nitrogens with zero attached hydrogens (tertiary/aromatic N) is 3. The van der Waals surface area contributed by atoms with Gasteiger partial charge >= 0.3 is 0 Å². The number of carbonyl (C=O) groups excluding carboxylic acids is 1. The highest BCUT2D eigenvalue weighted by Gasteiger charge is 2.19. The van der Waals surface area contributed by atoms with Crippen molar-refractivity contribution < 1.29 is 4.79 Å². The van der Waals surface area contributed by atoms with Gasteiger partial charge in [-0.3, -0.25) is 4.79 Å². The van der Waals surface area contributed by atoms with E-state index in [0.717, 1.165) is 49.4 Å². The summed E-state index contributed by atoms with van der Waals surface area (Å²) in [6, 6.07) is 8.38. The predicted molar refractivity (Wildman–Crippen MR) is 103 cm³/mol. The second-order valence-corrected chi connectivity index (χ2v) is 7.81. The van der Waals surface area contributed by atoms with Crippen LogP contribution in [-0.2, 0) is 11.3 Å². The van der Waals surface area contributed by atoms with Crippen molar-refractivity contribution in [3.63, 3.8) is 0 Å². The van der Waals surface area contributed by atoms with Crippen molar-refractivity contribution in [2.45, 2.75) is 52.5 Å². The molecule has 1 aromatic carbocycles. The lowest BCUT2D eigenvalue weighted by molar-refractivity contribution is -0.127. The summed E-state index contributed by atoms with van der Waals surface area (Å²) in [5.74, 6) is 0.762. The van der Waals surface area contributed by atoms with Crippen LogP contribution in [0.2, 0.25) is 0 Å². The Balaban J connectivity index is 1.78. The van der Waals surface area contributed by atoms with Gasteiger partial charge in [0.2, 0.25) is 5.91 Å². The summed E-state index contributed by atoms with van der Waals surface area (Å²) in [6.45, 7) is 9.21. The van der Waals surface area contributed by atoms with Crippen LogP contribution < -0.4 is 4.80 Å². The van der Waals surface area contributed by atoms with E-state index >= 15 is 0 Å². The molecule has 0 N–H and O–H groups in total. The molecule has 0 saturated carbocycles. The summed E-state index contributed by atoms with van der Waals surface area (Å²) >= 11 is 1.69. The number of carbonyl (C=O) groups is 1. The summed E-state index contributed by atoms with van der Waals surface area (Å²) < 4.78 is 2.28. The predicted octanol–water partition coefficient (Wildman–Crippen LogP) is 4.23. The maximum atomic E-state index is 11.7. The molecular weight excluding hydrogens is 330 g/mol. The van der Waals surface area contributed by atoms with Crippen LogP contribution in [-0.4, -0.2) is 28.5 Å². The number of benzene rings is 1. The van der Waals surface area contributed by atoms with E-state index in [1.54, 1.807) is 11.3 Å². The third-order valence-corrected chi connectivity index (χ3v) is 5.73. The van der Waals surface area contributed by atoms with Crippen molar-refractivity contribution >= 4 is 22.9 Å². The molecule has 0 radical (unpaired) electrons. The molecule has 1 aliphatic heterocycles. The van der Waals surface area contributed by atoms with E-state index in [1.807, 2.05) is 4.90 Å². The van der Waals surface area contributed by atoms with Crippen molar-refractivity contribution in [3.8, 4) is 0 Å². The second-order valence-electron chi connectivity index (χ2n) is 6.97. The molecular formula is C20H27N3OS. The molecule has 0 spiro atoms. The first-order valence-corrected chi connectivity index (χ1v) is 10.0. The van der Waals surface area contributed by atoms with Gasteiger partial charge in [-0.15, -0.1) is 11.3 Å². The molecule has 25 heavy (non-hydrogen) atoms. The third kappa shape index (κ3) is 4.21. The highest BCUT2D eigenvalue weighted by molar-refractivity contribution is 7.07. The Morgan fingerprint density at radius 3 is 2.76 bits per heavy atom. The first kappa shape index (κ1) is 17.9. The number of amides is 1. The summed E-state index contributed by atoms with van der Waals surface area (Å²) in [6.07, 6.45) is 2.70. The van der Waals surface area contributed by atoms with Gasteiger partial charge in [-0.05, 0) is 37.3 Å². The van der Waals surface area contributed by atoms with Crippen LogP contribution in [0.3, 0.4) is 0 Å². The summed E-state index contributed by atoms with van der Waals surface area (Å²) in [5, 5.41) is 2.16. The van der Waals surface area contributed by atoms with Gasteiger partial charge in [-0.25, -0.2) is 4.99 Å². The third-order valence-electron chi connectivity index (χ3n) is 4.75. The zero-order valence-electron chi connectivity index (χ0n) is 15.4. The molecule has 134 valence electrons. The molecule has 1 saturated heterocycles. The van der Waals surface area contributed by atoms with Crippen LogP contribution in [0, 0.1) is 6.92 Å². The molecule has 2 heterocycles. The topological polar surface area (TPSA) is 37.6 Å². The maximum absolute atomic E-state index is 11.7.